The Hall–Kier alpha value is -2.87. The minimum atomic E-state index is 0.0634. The first-order chi connectivity index (χ1) is 14.7. The predicted octanol–water partition coefficient (Wildman–Crippen LogP) is 6.35. The van der Waals surface area contributed by atoms with Gasteiger partial charge in [0.1, 0.15) is 0 Å². The van der Waals surface area contributed by atoms with Gasteiger partial charge in [-0.3, -0.25) is 4.79 Å². The van der Waals surface area contributed by atoms with E-state index in [1.54, 1.807) is 0 Å². The van der Waals surface area contributed by atoms with Crippen LogP contribution in [0.2, 0.25) is 0 Å². The molecule has 0 bridgehead atoms. The Bertz CT molecular complexity index is 925. The fourth-order valence-corrected chi connectivity index (χ4v) is 4.63. The van der Waals surface area contributed by atoms with Gasteiger partial charge < -0.3 is 5.32 Å². The van der Waals surface area contributed by atoms with Crippen molar-refractivity contribution in [3.8, 4) is 0 Å². The molecule has 3 aromatic rings. The summed E-state index contributed by atoms with van der Waals surface area (Å²) in [4.78, 5) is 13.1. The van der Waals surface area contributed by atoms with Crippen molar-refractivity contribution in [2.75, 3.05) is 0 Å². The zero-order valence-electron chi connectivity index (χ0n) is 17.8. The second-order valence-corrected chi connectivity index (χ2v) is 8.34. The van der Waals surface area contributed by atoms with Crippen LogP contribution in [0.3, 0.4) is 0 Å². The molecule has 1 aliphatic carbocycles. The van der Waals surface area contributed by atoms with Crippen LogP contribution in [0.25, 0.3) is 0 Å². The van der Waals surface area contributed by atoms with E-state index in [9.17, 15) is 4.79 Å². The lowest BCUT2D eigenvalue weighted by Gasteiger charge is -2.23. The van der Waals surface area contributed by atoms with Crippen LogP contribution < -0.4 is 5.32 Å². The monoisotopic (exact) mass is 397 g/mol. The van der Waals surface area contributed by atoms with Gasteiger partial charge in [0, 0.05) is 12.3 Å². The van der Waals surface area contributed by atoms with Crippen molar-refractivity contribution in [2.24, 2.45) is 0 Å². The number of hydrogen-bond acceptors (Lipinski definition) is 1. The summed E-state index contributed by atoms with van der Waals surface area (Å²) in [6.07, 6.45) is 6.27. The highest BCUT2D eigenvalue weighted by molar-refractivity contribution is 5.78. The number of benzene rings is 3. The molecule has 0 radical (unpaired) electrons. The first-order valence-corrected chi connectivity index (χ1v) is 11.3. The normalized spacial score (nSPS) is 14.2. The van der Waals surface area contributed by atoms with Crippen molar-refractivity contribution in [1.29, 1.82) is 0 Å². The number of fused-ring (bicyclic) bond motifs is 1. The zero-order valence-corrected chi connectivity index (χ0v) is 17.8. The van der Waals surface area contributed by atoms with Gasteiger partial charge >= 0.3 is 0 Å². The number of amides is 1. The summed E-state index contributed by atoms with van der Waals surface area (Å²) in [7, 11) is 0. The maximum Gasteiger partial charge on any atom is 0.221 e. The Morgan fingerprint density at radius 1 is 0.800 bits per heavy atom. The largest absolute Gasteiger partial charge is 0.349 e. The Balaban J connectivity index is 1.51. The van der Waals surface area contributed by atoms with Gasteiger partial charge in [-0.2, -0.15) is 0 Å². The maximum atomic E-state index is 13.1. The van der Waals surface area contributed by atoms with Crippen LogP contribution in [0.5, 0.6) is 0 Å². The average Bonchev–Trinajstić information content (AvgIpc) is 2.82. The van der Waals surface area contributed by atoms with Gasteiger partial charge in [-0.05, 0) is 59.9 Å². The number of hydrogen-bond donors (Lipinski definition) is 1. The number of rotatable bonds is 7. The van der Waals surface area contributed by atoms with Crippen molar-refractivity contribution < 1.29 is 4.79 Å². The molecule has 0 aliphatic heterocycles. The number of aryl methyl sites for hydroxylation is 2. The molecular formula is C28H31NO. The van der Waals surface area contributed by atoms with Gasteiger partial charge in [0.2, 0.25) is 5.91 Å². The minimum absolute atomic E-state index is 0.0634. The maximum absolute atomic E-state index is 13.1. The molecule has 0 heterocycles. The summed E-state index contributed by atoms with van der Waals surface area (Å²) in [6, 6.07) is 27.6. The van der Waals surface area contributed by atoms with Crippen LogP contribution in [-0.2, 0) is 17.6 Å². The lowest BCUT2D eigenvalue weighted by Crippen LogP contribution is -2.29. The van der Waals surface area contributed by atoms with E-state index in [0.29, 0.717) is 6.42 Å². The molecule has 0 fully saturated rings. The highest BCUT2D eigenvalue weighted by Crippen LogP contribution is 2.29. The highest BCUT2D eigenvalue weighted by atomic mass is 16.1. The van der Waals surface area contributed by atoms with E-state index < -0.39 is 0 Å². The first kappa shape index (κ1) is 20.4. The van der Waals surface area contributed by atoms with Crippen LogP contribution in [0.4, 0.5) is 0 Å². The highest BCUT2D eigenvalue weighted by Gasteiger charge is 2.21. The van der Waals surface area contributed by atoms with E-state index in [-0.39, 0.29) is 17.9 Å². The number of carbonyl (C=O) groups is 1. The van der Waals surface area contributed by atoms with Crippen LogP contribution >= 0.6 is 0 Å². The van der Waals surface area contributed by atoms with Gasteiger partial charge in [-0.1, -0.05) is 85.8 Å². The summed E-state index contributed by atoms with van der Waals surface area (Å²) >= 11 is 0. The fourth-order valence-electron chi connectivity index (χ4n) is 4.63. The van der Waals surface area contributed by atoms with E-state index in [4.69, 9.17) is 0 Å². The molecule has 1 atom stereocenters. The van der Waals surface area contributed by atoms with Crippen LogP contribution in [0, 0.1) is 0 Å². The minimum Gasteiger partial charge on any atom is -0.349 e. The van der Waals surface area contributed by atoms with Gasteiger partial charge in [-0.25, -0.2) is 0 Å². The Kier molecular flexibility index (Phi) is 6.63. The number of carbonyl (C=O) groups excluding carboxylic acids is 1. The summed E-state index contributed by atoms with van der Waals surface area (Å²) in [6.45, 7) is 2.15. The van der Waals surface area contributed by atoms with E-state index in [1.165, 1.54) is 47.1 Å². The second kappa shape index (κ2) is 9.75. The standard InChI is InChI=1S/C28H31NO/c1-2-27(25-18-17-21-11-9-10-16-24(21)19-25)29-28(30)20-26(22-12-5-3-6-13-22)23-14-7-4-8-15-23/h3-8,12-15,17-19,26-27H,2,9-11,16,20H2,1H3,(H,29,30). The molecule has 2 heteroatoms. The Morgan fingerprint density at radius 3 is 2.00 bits per heavy atom. The van der Waals surface area contributed by atoms with E-state index in [2.05, 4.69) is 54.7 Å². The topological polar surface area (TPSA) is 29.1 Å². The molecule has 0 saturated carbocycles. The van der Waals surface area contributed by atoms with Gasteiger partial charge in [0.25, 0.3) is 0 Å². The molecule has 1 N–H and O–H groups in total. The van der Waals surface area contributed by atoms with Crippen molar-refractivity contribution in [3.05, 3.63) is 107 Å². The third-order valence-electron chi connectivity index (χ3n) is 6.31. The Morgan fingerprint density at radius 2 is 1.40 bits per heavy atom. The van der Waals surface area contributed by atoms with Gasteiger partial charge in [0.15, 0.2) is 0 Å². The van der Waals surface area contributed by atoms with E-state index in [1.807, 2.05) is 36.4 Å². The second-order valence-electron chi connectivity index (χ2n) is 8.34. The summed E-state index contributed by atoms with van der Waals surface area (Å²) in [5.74, 6) is 0.172. The van der Waals surface area contributed by atoms with E-state index in [0.717, 1.165) is 12.8 Å². The molecule has 4 rings (SSSR count). The molecule has 2 nitrogen and oxygen atoms in total. The smallest absolute Gasteiger partial charge is 0.221 e. The van der Waals surface area contributed by atoms with Crippen LogP contribution in [0.15, 0.2) is 78.9 Å². The number of nitrogens with one attached hydrogen (secondary N) is 1. The molecule has 3 aromatic carbocycles. The molecule has 1 aliphatic rings. The Labute approximate surface area is 180 Å². The molecule has 0 aromatic heterocycles. The quantitative estimate of drug-likeness (QED) is 0.494. The summed E-state index contributed by atoms with van der Waals surface area (Å²) < 4.78 is 0. The molecule has 0 spiro atoms. The van der Waals surface area contributed by atoms with E-state index >= 15 is 0 Å². The molecule has 1 amide bonds. The summed E-state index contributed by atoms with van der Waals surface area (Å²) in [5, 5.41) is 3.32. The lowest BCUT2D eigenvalue weighted by atomic mass is 9.87. The molecule has 30 heavy (non-hydrogen) atoms. The SMILES string of the molecule is CCC(NC(=O)CC(c1ccccc1)c1ccccc1)c1ccc2c(c1)CCCC2. The molecular weight excluding hydrogens is 366 g/mol. The molecule has 154 valence electrons. The van der Waals surface area contributed by atoms with Crippen LogP contribution in [-0.4, -0.2) is 5.91 Å². The first-order valence-electron chi connectivity index (χ1n) is 11.3. The average molecular weight is 398 g/mol. The summed E-state index contributed by atoms with van der Waals surface area (Å²) in [5.41, 5.74) is 6.56. The van der Waals surface area contributed by atoms with Crippen molar-refractivity contribution in [1.82, 2.24) is 5.32 Å². The molecule has 1 unspecified atom stereocenters. The predicted molar refractivity (Wildman–Crippen MR) is 124 cm³/mol. The molecule has 0 saturated heterocycles. The van der Waals surface area contributed by atoms with Crippen LogP contribution in [0.1, 0.15) is 72.4 Å². The van der Waals surface area contributed by atoms with Crippen molar-refractivity contribution in [3.63, 3.8) is 0 Å². The van der Waals surface area contributed by atoms with Crippen molar-refractivity contribution in [2.45, 2.75) is 57.4 Å². The fraction of sp³-hybridized carbons (Fsp3) is 0.321. The third-order valence-corrected chi connectivity index (χ3v) is 6.31. The van der Waals surface area contributed by atoms with Gasteiger partial charge in [-0.15, -0.1) is 0 Å². The zero-order chi connectivity index (χ0) is 20.8. The third kappa shape index (κ3) is 4.81. The lowest BCUT2D eigenvalue weighted by molar-refractivity contribution is -0.122. The van der Waals surface area contributed by atoms with Gasteiger partial charge in [0.05, 0.1) is 6.04 Å². The van der Waals surface area contributed by atoms with Crippen molar-refractivity contribution >= 4 is 5.91 Å².